The highest BCUT2D eigenvalue weighted by molar-refractivity contribution is 5.95. The number of amides is 3. The molecule has 3 amide bonds. The maximum atomic E-state index is 11.0. The van der Waals surface area contributed by atoms with Crippen LogP contribution in [0.4, 0.5) is 4.79 Å². The molecule has 6 heteroatoms. The zero-order valence-corrected chi connectivity index (χ0v) is 8.24. The fourth-order valence-electron chi connectivity index (χ4n) is 0.684. The predicted octanol–water partition coefficient (Wildman–Crippen LogP) is -0.301. The third-order valence-electron chi connectivity index (χ3n) is 1.42. The number of aliphatic carboxylic acids is 1. The molecule has 1 unspecified atom stereocenters. The summed E-state index contributed by atoms with van der Waals surface area (Å²) in [6.07, 6.45) is 4.44. The molecule has 0 saturated carbocycles. The summed E-state index contributed by atoms with van der Waals surface area (Å²) >= 11 is 0. The maximum absolute atomic E-state index is 11.0. The van der Waals surface area contributed by atoms with E-state index in [4.69, 9.17) is 11.5 Å². The molecule has 0 aliphatic rings. The Morgan fingerprint density at radius 2 is 2.00 bits per heavy atom. The molecular weight excluding hydrogens is 200 g/mol. The van der Waals surface area contributed by atoms with Gasteiger partial charge in [-0.2, -0.15) is 0 Å². The second kappa shape index (κ2) is 6.43. The van der Waals surface area contributed by atoms with Gasteiger partial charge < -0.3 is 10.4 Å². The van der Waals surface area contributed by atoms with Gasteiger partial charge in [0.25, 0.3) is 0 Å². The van der Waals surface area contributed by atoms with Crippen LogP contribution in [-0.4, -0.2) is 29.1 Å². The van der Waals surface area contributed by atoms with Crippen molar-refractivity contribution in [1.82, 2.24) is 10.6 Å². The largest absolute Gasteiger partial charge is 0.481 e. The number of carbonyl (C=O) groups excluding carboxylic acids is 2. The normalized spacial score (nSPS) is 10.9. The smallest absolute Gasteiger partial charge is 0.322 e. The summed E-state index contributed by atoms with van der Waals surface area (Å²) in [7, 11) is 0. The first-order valence-electron chi connectivity index (χ1n) is 4.24. The molecular formula is C9H12N2O4. The van der Waals surface area contributed by atoms with Crippen molar-refractivity contribution in [2.24, 2.45) is 0 Å². The predicted molar refractivity (Wildman–Crippen MR) is 51.8 cm³/mol. The number of hydrogen-bond donors (Lipinski definition) is 3. The van der Waals surface area contributed by atoms with Gasteiger partial charge in [0, 0.05) is 6.42 Å². The molecule has 3 N–H and O–H groups in total. The van der Waals surface area contributed by atoms with Crippen LogP contribution in [0.1, 0.15) is 19.8 Å². The van der Waals surface area contributed by atoms with Gasteiger partial charge in [0.2, 0.25) is 5.91 Å². The van der Waals surface area contributed by atoms with E-state index in [1.807, 2.05) is 5.32 Å². The molecule has 0 radical (unpaired) electrons. The minimum atomic E-state index is -1.09. The molecule has 0 aromatic heterocycles. The number of nitrogens with one attached hydrogen (secondary N) is 2. The van der Waals surface area contributed by atoms with Gasteiger partial charge in [-0.05, 0) is 6.92 Å². The Balaban J connectivity index is 3.83. The van der Waals surface area contributed by atoms with Crippen molar-refractivity contribution >= 4 is 17.9 Å². The zero-order valence-electron chi connectivity index (χ0n) is 8.24. The van der Waals surface area contributed by atoms with Gasteiger partial charge in [-0.15, -0.1) is 6.42 Å². The third kappa shape index (κ3) is 7.07. The maximum Gasteiger partial charge on any atom is 0.322 e. The lowest BCUT2D eigenvalue weighted by Crippen LogP contribution is -2.43. The first kappa shape index (κ1) is 13.0. The molecule has 0 aromatic rings. The van der Waals surface area contributed by atoms with Crippen LogP contribution in [0.3, 0.4) is 0 Å². The summed E-state index contributed by atoms with van der Waals surface area (Å²) in [5, 5.41) is 12.5. The van der Waals surface area contributed by atoms with Gasteiger partial charge >= 0.3 is 12.0 Å². The Bertz CT molecular complexity index is 306. The molecule has 0 saturated heterocycles. The van der Waals surface area contributed by atoms with Gasteiger partial charge in [0.15, 0.2) is 0 Å². The monoisotopic (exact) mass is 212 g/mol. The van der Waals surface area contributed by atoms with Crippen LogP contribution in [0.15, 0.2) is 0 Å². The molecule has 0 rings (SSSR count). The van der Waals surface area contributed by atoms with Gasteiger partial charge in [-0.25, -0.2) is 4.79 Å². The summed E-state index contributed by atoms with van der Waals surface area (Å²) in [6, 6.07) is -1.21. The Morgan fingerprint density at radius 3 is 2.47 bits per heavy atom. The summed E-state index contributed by atoms with van der Waals surface area (Å²) in [4.78, 5) is 32.0. The van der Waals surface area contributed by atoms with Crippen molar-refractivity contribution in [3.63, 3.8) is 0 Å². The minimum absolute atomic E-state index is 0.243. The van der Waals surface area contributed by atoms with Gasteiger partial charge in [0.05, 0.1) is 12.5 Å². The molecule has 1 atom stereocenters. The van der Waals surface area contributed by atoms with Crippen LogP contribution in [0.5, 0.6) is 0 Å². The number of carbonyl (C=O) groups is 3. The number of urea groups is 1. The molecule has 0 bridgehead atoms. The molecule has 82 valence electrons. The van der Waals surface area contributed by atoms with Crippen LogP contribution < -0.4 is 10.6 Å². The topological polar surface area (TPSA) is 95.5 Å². The van der Waals surface area contributed by atoms with E-state index >= 15 is 0 Å². The molecule has 0 heterocycles. The van der Waals surface area contributed by atoms with E-state index in [1.165, 1.54) is 0 Å². The Labute approximate surface area is 87.0 Å². The zero-order chi connectivity index (χ0) is 11.8. The quantitative estimate of drug-likeness (QED) is 0.557. The summed E-state index contributed by atoms with van der Waals surface area (Å²) in [5.41, 5.74) is 0. The fraction of sp³-hybridized carbons (Fsp3) is 0.444. The summed E-state index contributed by atoms with van der Waals surface area (Å²) < 4.78 is 0. The first-order valence-corrected chi connectivity index (χ1v) is 4.24. The lowest BCUT2D eigenvalue weighted by molar-refractivity contribution is -0.138. The van der Waals surface area contributed by atoms with Crippen LogP contribution in [-0.2, 0) is 9.59 Å². The van der Waals surface area contributed by atoms with E-state index < -0.39 is 23.9 Å². The Hall–Kier alpha value is -2.03. The average molecular weight is 212 g/mol. The number of rotatable bonds is 4. The van der Waals surface area contributed by atoms with E-state index in [1.54, 1.807) is 6.92 Å². The SMILES string of the molecule is C#CC(C)NC(=O)NC(=O)CCC(=O)O. The van der Waals surface area contributed by atoms with Crippen LogP contribution in [0.25, 0.3) is 0 Å². The molecule has 15 heavy (non-hydrogen) atoms. The van der Waals surface area contributed by atoms with E-state index in [0.717, 1.165) is 0 Å². The summed E-state index contributed by atoms with van der Waals surface area (Å²) in [5.74, 6) is 0.493. The van der Waals surface area contributed by atoms with Crippen molar-refractivity contribution in [3.05, 3.63) is 0 Å². The Morgan fingerprint density at radius 1 is 1.40 bits per heavy atom. The number of carboxylic acid groups (broad SMARTS) is 1. The van der Waals surface area contributed by atoms with Crippen LogP contribution in [0.2, 0.25) is 0 Å². The van der Waals surface area contributed by atoms with E-state index in [-0.39, 0.29) is 12.8 Å². The van der Waals surface area contributed by atoms with E-state index in [0.29, 0.717) is 0 Å². The van der Waals surface area contributed by atoms with Crippen molar-refractivity contribution in [3.8, 4) is 12.3 Å². The Kier molecular flexibility index (Phi) is 5.56. The van der Waals surface area contributed by atoms with Crippen LogP contribution in [0, 0.1) is 12.3 Å². The average Bonchev–Trinajstić information content (AvgIpc) is 2.14. The molecule has 0 aromatic carbocycles. The van der Waals surface area contributed by atoms with Gasteiger partial charge in [0.1, 0.15) is 0 Å². The molecule has 0 aliphatic heterocycles. The van der Waals surface area contributed by atoms with Crippen molar-refractivity contribution < 1.29 is 19.5 Å². The second-order valence-corrected chi connectivity index (χ2v) is 2.80. The number of hydrogen-bond acceptors (Lipinski definition) is 3. The van der Waals surface area contributed by atoms with Crippen molar-refractivity contribution in [2.45, 2.75) is 25.8 Å². The molecule has 0 fully saturated rings. The molecule has 6 nitrogen and oxygen atoms in total. The summed E-state index contributed by atoms with van der Waals surface area (Å²) in [6.45, 7) is 1.57. The number of terminal acetylenes is 1. The first-order chi connectivity index (χ1) is 6.95. The fourth-order valence-corrected chi connectivity index (χ4v) is 0.684. The highest BCUT2D eigenvalue weighted by atomic mass is 16.4. The highest BCUT2D eigenvalue weighted by Gasteiger charge is 2.10. The second-order valence-electron chi connectivity index (χ2n) is 2.80. The number of imide groups is 1. The molecule has 0 spiro atoms. The molecule has 0 aliphatic carbocycles. The standard InChI is InChI=1S/C9H12N2O4/c1-3-6(2)10-9(15)11-7(12)4-5-8(13)14/h1,6H,4-5H2,2H3,(H,13,14)(H2,10,11,12,15). The van der Waals surface area contributed by atoms with E-state index in [9.17, 15) is 14.4 Å². The van der Waals surface area contributed by atoms with E-state index in [2.05, 4.69) is 11.2 Å². The van der Waals surface area contributed by atoms with Gasteiger partial charge in [-0.1, -0.05) is 5.92 Å². The van der Waals surface area contributed by atoms with Crippen molar-refractivity contribution in [2.75, 3.05) is 0 Å². The minimum Gasteiger partial charge on any atom is -0.481 e. The third-order valence-corrected chi connectivity index (χ3v) is 1.42. The van der Waals surface area contributed by atoms with Crippen LogP contribution >= 0.6 is 0 Å². The lowest BCUT2D eigenvalue weighted by Gasteiger charge is -2.07. The van der Waals surface area contributed by atoms with Gasteiger partial charge in [-0.3, -0.25) is 14.9 Å². The van der Waals surface area contributed by atoms with Crippen molar-refractivity contribution in [1.29, 1.82) is 0 Å². The highest BCUT2D eigenvalue weighted by Crippen LogP contribution is 1.88. The lowest BCUT2D eigenvalue weighted by atomic mass is 10.3. The number of carboxylic acids is 1.